The maximum atomic E-state index is 11.1. The SMILES string of the molecule is C=C(C)C(=O)OCCCCCCCOc1ccc(C(=O)O)cc1.Nc1ccc(Cl)cc1. The lowest BCUT2D eigenvalue weighted by Crippen LogP contribution is -2.06. The molecule has 0 aliphatic rings. The molecule has 0 amide bonds. The Labute approximate surface area is 188 Å². The first kappa shape index (κ1) is 26.0. The first-order chi connectivity index (χ1) is 14.8. The van der Waals surface area contributed by atoms with Crippen molar-refractivity contribution >= 4 is 29.2 Å². The highest BCUT2D eigenvalue weighted by atomic mass is 35.5. The first-order valence-electron chi connectivity index (χ1n) is 10.1. The maximum Gasteiger partial charge on any atom is 0.335 e. The van der Waals surface area contributed by atoms with Crippen molar-refractivity contribution in [1.82, 2.24) is 0 Å². The van der Waals surface area contributed by atoms with Crippen molar-refractivity contribution in [2.24, 2.45) is 0 Å². The molecule has 3 N–H and O–H groups in total. The fourth-order valence-corrected chi connectivity index (χ4v) is 2.50. The second-order valence-electron chi connectivity index (χ2n) is 6.91. The number of carbonyl (C=O) groups is 2. The summed E-state index contributed by atoms with van der Waals surface area (Å²) in [5, 5.41) is 9.52. The molecule has 0 bridgehead atoms. The van der Waals surface area contributed by atoms with Gasteiger partial charge >= 0.3 is 11.9 Å². The van der Waals surface area contributed by atoms with Crippen LogP contribution in [0.5, 0.6) is 5.75 Å². The molecule has 0 fully saturated rings. The summed E-state index contributed by atoms with van der Waals surface area (Å²) in [5.41, 5.74) is 6.80. The van der Waals surface area contributed by atoms with Crippen LogP contribution in [0.3, 0.4) is 0 Å². The fraction of sp³-hybridized carbons (Fsp3) is 0.333. The largest absolute Gasteiger partial charge is 0.494 e. The molecule has 0 radical (unpaired) electrons. The third-order valence-corrected chi connectivity index (χ3v) is 4.36. The quantitative estimate of drug-likeness (QED) is 0.197. The number of anilines is 1. The second kappa shape index (κ2) is 14.9. The van der Waals surface area contributed by atoms with E-state index in [0.717, 1.165) is 42.8 Å². The Morgan fingerprint density at radius 2 is 1.48 bits per heavy atom. The van der Waals surface area contributed by atoms with Gasteiger partial charge < -0.3 is 20.3 Å². The van der Waals surface area contributed by atoms with Gasteiger partial charge in [-0.2, -0.15) is 0 Å². The minimum absolute atomic E-state index is 0.254. The zero-order valence-electron chi connectivity index (χ0n) is 17.8. The number of nitrogen functional groups attached to an aromatic ring is 1. The van der Waals surface area contributed by atoms with Crippen LogP contribution in [0, 0.1) is 0 Å². The van der Waals surface area contributed by atoms with E-state index in [1.54, 1.807) is 43.3 Å². The van der Waals surface area contributed by atoms with Crippen LogP contribution in [0.2, 0.25) is 5.02 Å². The summed E-state index contributed by atoms with van der Waals surface area (Å²) >= 11 is 5.56. The number of halogens is 1. The Morgan fingerprint density at radius 3 is 2.00 bits per heavy atom. The number of ether oxygens (including phenoxy) is 2. The van der Waals surface area contributed by atoms with Crippen LogP contribution >= 0.6 is 11.6 Å². The van der Waals surface area contributed by atoms with E-state index in [0.29, 0.717) is 24.5 Å². The molecule has 7 heteroatoms. The van der Waals surface area contributed by atoms with E-state index in [9.17, 15) is 9.59 Å². The lowest BCUT2D eigenvalue weighted by molar-refractivity contribution is -0.139. The molecule has 2 rings (SSSR count). The molecular formula is C24H30ClNO5. The van der Waals surface area contributed by atoms with Gasteiger partial charge in [0.25, 0.3) is 0 Å². The number of hydrogen-bond donors (Lipinski definition) is 2. The van der Waals surface area contributed by atoms with Crippen molar-refractivity contribution in [3.8, 4) is 5.75 Å². The number of esters is 1. The van der Waals surface area contributed by atoms with Crippen LogP contribution in [0.15, 0.2) is 60.7 Å². The smallest absolute Gasteiger partial charge is 0.335 e. The molecule has 2 aromatic rings. The van der Waals surface area contributed by atoms with Gasteiger partial charge in [0.2, 0.25) is 0 Å². The van der Waals surface area contributed by atoms with E-state index >= 15 is 0 Å². The van der Waals surface area contributed by atoms with Gasteiger partial charge in [0.05, 0.1) is 18.8 Å². The Kier molecular flexibility index (Phi) is 12.5. The predicted molar refractivity (Wildman–Crippen MR) is 124 cm³/mol. The van der Waals surface area contributed by atoms with Gasteiger partial charge in [-0.15, -0.1) is 0 Å². The highest BCUT2D eigenvalue weighted by molar-refractivity contribution is 6.30. The number of nitrogens with two attached hydrogens (primary N) is 1. The van der Waals surface area contributed by atoms with Crippen molar-refractivity contribution in [3.63, 3.8) is 0 Å². The molecule has 0 atom stereocenters. The van der Waals surface area contributed by atoms with Crippen molar-refractivity contribution in [2.45, 2.75) is 39.0 Å². The van der Waals surface area contributed by atoms with E-state index in [-0.39, 0.29) is 11.5 Å². The molecule has 31 heavy (non-hydrogen) atoms. The fourth-order valence-electron chi connectivity index (χ4n) is 2.37. The number of hydrogen-bond acceptors (Lipinski definition) is 5. The molecule has 0 heterocycles. The number of rotatable bonds is 11. The minimum atomic E-state index is -0.939. The normalized spacial score (nSPS) is 9.87. The Hall–Kier alpha value is -2.99. The average molecular weight is 448 g/mol. The van der Waals surface area contributed by atoms with Gasteiger partial charge in [0, 0.05) is 16.3 Å². The van der Waals surface area contributed by atoms with Crippen molar-refractivity contribution < 1.29 is 24.2 Å². The van der Waals surface area contributed by atoms with Crippen molar-refractivity contribution in [3.05, 3.63) is 71.3 Å². The molecule has 0 unspecified atom stereocenters. The van der Waals surface area contributed by atoms with Crippen LogP contribution < -0.4 is 10.5 Å². The van der Waals surface area contributed by atoms with Crippen molar-refractivity contribution in [2.75, 3.05) is 18.9 Å². The number of carboxylic acid groups (broad SMARTS) is 1. The Bertz CT molecular complexity index is 798. The minimum Gasteiger partial charge on any atom is -0.494 e. The molecule has 168 valence electrons. The number of carbonyl (C=O) groups excluding carboxylic acids is 1. The highest BCUT2D eigenvalue weighted by Gasteiger charge is 2.03. The standard InChI is InChI=1S/C18H24O5.C6H6ClN/c1-14(2)18(21)23-13-7-5-3-4-6-12-22-16-10-8-15(9-11-16)17(19)20;7-5-1-3-6(8)4-2-5/h8-11H,1,3-7,12-13H2,2H3,(H,19,20);1-4H,8H2. The van der Waals surface area contributed by atoms with E-state index < -0.39 is 5.97 Å². The third kappa shape index (κ3) is 12.3. The van der Waals surface area contributed by atoms with Crippen LogP contribution in [0.4, 0.5) is 5.69 Å². The molecule has 0 spiro atoms. The van der Waals surface area contributed by atoms with E-state index in [1.165, 1.54) is 12.1 Å². The molecule has 6 nitrogen and oxygen atoms in total. The summed E-state index contributed by atoms with van der Waals surface area (Å²) in [7, 11) is 0. The Balaban J connectivity index is 0.000000500. The zero-order valence-corrected chi connectivity index (χ0v) is 18.6. The molecule has 0 aliphatic heterocycles. The maximum absolute atomic E-state index is 11.1. The lowest BCUT2D eigenvalue weighted by Gasteiger charge is -2.07. The molecule has 0 aromatic heterocycles. The first-order valence-corrected chi connectivity index (χ1v) is 10.5. The van der Waals surface area contributed by atoms with Gasteiger partial charge in [-0.3, -0.25) is 0 Å². The third-order valence-electron chi connectivity index (χ3n) is 4.11. The van der Waals surface area contributed by atoms with E-state index in [4.69, 9.17) is 31.9 Å². The summed E-state index contributed by atoms with van der Waals surface area (Å²) in [4.78, 5) is 21.9. The number of aromatic carboxylic acids is 1. The summed E-state index contributed by atoms with van der Waals surface area (Å²) in [6.07, 6.45) is 4.91. The van der Waals surface area contributed by atoms with Crippen molar-refractivity contribution in [1.29, 1.82) is 0 Å². The number of unbranched alkanes of at least 4 members (excludes halogenated alkanes) is 4. The molecule has 0 aliphatic carbocycles. The van der Waals surface area contributed by atoms with Gasteiger partial charge in [-0.25, -0.2) is 9.59 Å². The van der Waals surface area contributed by atoms with Gasteiger partial charge in [0.15, 0.2) is 0 Å². The zero-order chi connectivity index (χ0) is 23.1. The van der Waals surface area contributed by atoms with Crippen LogP contribution in [-0.2, 0) is 9.53 Å². The average Bonchev–Trinajstić information content (AvgIpc) is 2.75. The van der Waals surface area contributed by atoms with E-state index in [1.807, 2.05) is 0 Å². The van der Waals surface area contributed by atoms with Crippen LogP contribution in [0.1, 0.15) is 49.4 Å². The van der Waals surface area contributed by atoms with Crippen LogP contribution in [-0.4, -0.2) is 30.3 Å². The Morgan fingerprint density at radius 1 is 0.935 bits per heavy atom. The molecule has 0 saturated carbocycles. The summed E-state index contributed by atoms with van der Waals surface area (Å²) in [6, 6.07) is 13.4. The van der Waals surface area contributed by atoms with Gasteiger partial charge in [-0.05, 0) is 68.3 Å². The topological polar surface area (TPSA) is 98.8 Å². The van der Waals surface area contributed by atoms with Gasteiger partial charge in [0.1, 0.15) is 5.75 Å². The monoisotopic (exact) mass is 447 g/mol. The highest BCUT2D eigenvalue weighted by Crippen LogP contribution is 2.13. The molecular weight excluding hydrogens is 418 g/mol. The van der Waals surface area contributed by atoms with E-state index in [2.05, 4.69) is 6.58 Å². The van der Waals surface area contributed by atoms with Gasteiger partial charge in [-0.1, -0.05) is 37.4 Å². The summed E-state index contributed by atoms with van der Waals surface area (Å²) in [5.74, 6) is -0.584. The summed E-state index contributed by atoms with van der Waals surface area (Å²) in [6.45, 7) is 6.21. The van der Waals surface area contributed by atoms with Crippen LogP contribution in [0.25, 0.3) is 0 Å². The number of carboxylic acids is 1. The lowest BCUT2D eigenvalue weighted by atomic mass is 10.1. The number of benzene rings is 2. The molecule has 0 saturated heterocycles. The molecule has 2 aromatic carbocycles. The predicted octanol–water partition coefficient (Wildman–Crippen LogP) is 5.76. The summed E-state index contributed by atoms with van der Waals surface area (Å²) < 4.78 is 10.6. The second-order valence-corrected chi connectivity index (χ2v) is 7.35.